The highest BCUT2D eigenvalue weighted by Gasteiger charge is 2.46. The number of hydrogen-bond donors (Lipinski definition) is 0. The Morgan fingerprint density at radius 1 is 0.207 bits per heavy atom. The monoisotopic (exact) mass is 1480 g/mol. The fraction of sp³-hybridized carbons (Fsp3) is 0.0357. The molecule has 18 aromatic carbocycles. The van der Waals surface area contributed by atoms with E-state index in [1.54, 1.807) is 0 Å². The number of nitrogens with zero attached hydrogens (tertiary/aromatic N) is 3. The van der Waals surface area contributed by atoms with Gasteiger partial charge in [-0.1, -0.05) is 354 Å². The minimum atomic E-state index is -0.367. The average Bonchev–Trinajstić information content (AvgIpc) is 0.712. The van der Waals surface area contributed by atoms with Crippen LogP contribution in [0.1, 0.15) is 26.3 Å². The molecule has 116 heavy (non-hydrogen) atoms. The van der Waals surface area contributed by atoms with Gasteiger partial charge in [0.2, 0.25) is 0 Å². The third-order valence-electron chi connectivity index (χ3n) is 23.9. The summed E-state index contributed by atoms with van der Waals surface area (Å²) in [5, 5.41) is 2.38. The van der Waals surface area contributed by atoms with Crippen LogP contribution in [0.4, 0.5) is 34.1 Å². The molecule has 0 atom stereocenters. The van der Waals surface area contributed by atoms with Gasteiger partial charge < -0.3 is 14.4 Å². The highest BCUT2D eigenvalue weighted by molar-refractivity contribution is 7.00. The number of rotatable bonds is 14. The predicted molar refractivity (Wildman–Crippen MR) is 493 cm³/mol. The third kappa shape index (κ3) is 12.3. The highest BCUT2D eigenvalue weighted by atomic mass is 15.2. The molecule has 2 aliphatic heterocycles. The maximum absolute atomic E-state index is 2.73. The second-order valence-corrected chi connectivity index (χ2v) is 31.9. The Morgan fingerprint density at radius 2 is 0.500 bits per heavy atom. The van der Waals surface area contributed by atoms with Gasteiger partial charge in [0.15, 0.2) is 0 Å². The zero-order valence-corrected chi connectivity index (χ0v) is 64.9. The number of hydrogen-bond acceptors (Lipinski definition) is 2. The predicted octanol–water partition coefficient (Wildman–Crippen LogP) is 28.5. The molecule has 0 spiro atoms. The Kier molecular flexibility index (Phi) is 17.3. The van der Waals surface area contributed by atoms with E-state index in [4.69, 9.17) is 0 Å². The maximum atomic E-state index is 2.73. The van der Waals surface area contributed by atoms with Crippen LogP contribution in [-0.4, -0.2) is 11.3 Å². The number of anilines is 6. The van der Waals surface area contributed by atoms with Gasteiger partial charge in [0, 0.05) is 61.5 Å². The normalized spacial score (nSPS) is 12.2. The van der Waals surface area contributed by atoms with Crippen LogP contribution in [0.2, 0.25) is 0 Å². The van der Waals surface area contributed by atoms with Crippen LogP contribution >= 0.6 is 0 Å². The minimum absolute atomic E-state index is 0.320. The highest BCUT2D eigenvalue weighted by Crippen LogP contribution is 2.56. The van der Waals surface area contributed by atoms with Crippen molar-refractivity contribution in [3.63, 3.8) is 0 Å². The fourth-order valence-corrected chi connectivity index (χ4v) is 18.2. The first-order chi connectivity index (χ1) is 57.2. The molecule has 0 saturated carbocycles. The molecule has 0 bridgehead atoms. The molecule has 0 radical (unpaired) electrons. The summed E-state index contributed by atoms with van der Waals surface area (Å²) in [6.45, 7) is 6.87. The molecule has 3 nitrogen and oxygen atoms in total. The summed E-state index contributed by atoms with van der Waals surface area (Å²) in [4.78, 5) is 5.44. The number of benzene rings is 18. The molecular weight excluding hydrogens is 1400 g/mol. The molecule has 19 aromatic rings. The van der Waals surface area contributed by atoms with Gasteiger partial charge in [-0.3, -0.25) is 0 Å². The molecule has 0 N–H and O–H groups in total. The Balaban J connectivity index is 0.925. The Bertz CT molecular complexity index is 6650. The summed E-state index contributed by atoms with van der Waals surface area (Å²) in [6, 6.07) is 161. The van der Waals surface area contributed by atoms with Gasteiger partial charge in [-0.15, -0.1) is 0 Å². The van der Waals surface area contributed by atoms with Gasteiger partial charge in [-0.2, -0.15) is 0 Å². The Hall–Kier alpha value is -14.6. The molecule has 0 amide bonds. The van der Waals surface area contributed by atoms with E-state index in [2.05, 4.69) is 466 Å². The summed E-state index contributed by atoms with van der Waals surface area (Å²) in [5.74, 6) is 0. The van der Waals surface area contributed by atoms with Crippen LogP contribution in [0.25, 0.3) is 150 Å². The third-order valence-corrected chi connectivity index (χ3v) is 23.9. The number of aromatic nitrogens is 1. The summed E-state index contributed by atoms with van der Waals surface area (Å²) < 4.78 is 2.54. The van der Waals surface area contributed by atoms with Crippen molar-refractivity contribution in [2.24, 2.45) is 0 Å². The van der Waals surface area contributed by atoms with Crippen molar-refractivity contribution in [2.45, 2.75) is 26.2 Å². The molecule has 0 unspecified atom stereocenters. The topological polar surface area (TPSA) is 11.4 Å². The molecule has 0 fully saturated rings. The van der Waals surface area contributed by atoms with Crippen LogP contribution in [0, 0.1) is 0 Å². The molecule has 0 aliphatic carbocycles. The van der Waals surface area contributed by atoms with Crippen LogP contribution < -0.4 is 26.2 Å². The standard InChI is InChI=1S/C112H80BN3/c1-112(2,3)93-72-107-109-108(73-93)116(111-97(83-50-30-12-31-51-83)69-92(80-44-24-9-25-45-80)70-98(111)84-52-32-13-33-53-84)106-74-94(114-103-59-54-85(75-34-14-4-15-35-75)65-99(103)100-66-86(55-60-104(100)114)76-36-16-5-17-37-76)57-58-101(106)113(109)102-71-87(90-63-88(77-38-18-6-19-39-77)62-89(64-90)78-40-20-7-21-41-78)56-61-105(102)115(107)110-95(81-46-26-10-27-47-81)67-91(79-42-22-8-23-43-79)68-96(110)82-48-28-11-29-49-82/h4-74H,1-3H3. The van der Waals surface area contributed by atoms with E-state index in [0.29, 0.717) is 0 Å². The van der Waals surface area contributed by atoms with E-state index in [9.17, 15) is 0 Å². The van der Waals surface area contributed by atoms with Gasteiger partial charge in [-0.05, 0) is 225 Å². The van der Waals surface area contributed by atoms with Crippen molar-refractivity contribution in [2.75, 3.05) is 9.80 Å². The van der Waals surface area contributed by atoms with E-state index in [1.165, 1.54) is 66.1 Å². The fourth-order valence-electron chi connectivity index (χ4n) is 18.2. The zero-order valence-electron chi connectivity index (χ0n) is 64.9. The summed E-state index contributed by atoms with van der Waals surface area (Å²) in [5.41, 5.74) is 39.6. The summed E-state index contributed by atoms with van der Waals surface area (Å²) in [6.07, 6.45) is 0. The molecule has 4 heteroatoms. The van der Waals surface area contributed by atoms with E-state index in [0.717, 1.165) is 140 Å². The zero-order chi connectivity index (χ0) is 77.4. The van der Waals surface area contributed by atoms with E-state index in [-0.39, 0.29) is 12.1 Å². The largest absolute Gasteiger partial charge is 0.310 e. The van der Waals surface area contributed by atoms with Crippen molar-refractivity contribution in [3.05, 3.63) is 436 Å². The van der Waals surface area contributed by atoms with Crippen LogP contribution in [0.15, 0.2) is 431 Å². The smallest absolute Gasteiger partial charge is 0.252 e. The van der Waals surface area contributed by atoms with Gasteiger partial charge in [0.25, 0.3) is 6.71 Å². The molecule has 2 aliphatic rings. The van der Waals surface area contributed by atoms with Gasteiger partial charge in [0.05, 0.1) is 22.4 Å². The van der Waals surface area contributed by atoms with Crippen molar-refractivity contribution in [1.29, 1.82) is 0 Å². The molecule has 3 heterocycles. The van der Waals surface area contributed by atoms with Crippen LogP contribution in [0.3, 0.4) is 0 Å². The lowest BCUT2D eigenvalue weighted by molar-refractivity contribution is 0.590. The second kappa shape index (κ2) is 28.9. The second-order valence-electron chi connectivity index (χ2n) is 31.9. The lowest BCUT2D eigenvalue weighted by atomic mass is 9.33. The van der Waals surface area contributed by atoms with Crippen molar-refractivity contribution in [1.82, 2.24) is 4.57 Å². The Labute approximate surface area is 679 Å². The minimum Gasteiger partial charge on any atom is -0.310 e. The van der Waals surface area contributed by atoms with Gasteiger partial charge in [0.1, 0.15) is 0 Å². The summed E-state index contributed by atoms with van der Waals surface area (Å²) >= 11 is 0. The van der Waals surface area contributed by atoms with E-state index >= 15 is 0 Å². The first kappa shape index (κ1) is 69.4. The maximum Gasteiger partial charge on any atom is 0.252 e. The number of fused-ring (bicyclic) bond motifs is 7. The first-order valence-corrected chi connectivity index (χ1v) is 40.4. The van der Waals surface area contributed by atoms with Crippen LogP contribution in [-0.2, 0) is 5.41 Å². The van der Waals surface area contributed by atoms with E-state index < -0.39 is 0 Å². The average molecular weight is 1480 g/mol. The molecule has 21 rings (SSSR count). The van der Waals surface area contributed by atoms with Crippen LogP contribution in [0.5, 0.6) is 0 Å². The van der Waals surface area contributed by atoms with Gasteiger partial charge >= 0.3 is 0 Å². The molecule has 1 aromatic heterocycles. The molecule has 546 valence electrons. The molecular formula is C112H80BN3. The Morgan fingerprint density at radius 3 is 0.845 bits per heavy atom. The van der Waals surface area contributed by atoms with Gasteiger partial charge in [-0.25, -0.2) is 0 Å². The van der Waals surface area contributed by atoms with Crippen molar-refractivity contribution < 1.29 is 0 Å². The molecule has 0 saturated heterocycles. The van der Waals surface area contributed by atoms with Crippen molar-refractivity contribution >= 4 is 79.0 Å². The quantitative estimate of drug-likeness (QED) is 0.101. The summed E-state index contributed by atoms with van der Waals surface area (Å²) in [7, 11) is 0. The lowest BCUT2D eigenvalue weighted by Crippen LogP contribution is -2.61. The lowest BCUT2D eigenvalue weighted by Gasteiger charge is -2.46. The van der Waals surface area contributed by atoms with Crippen molar-refractivity contribution in [3.8, 4) is 128 Å². The SMILES string of the molecule is CC(C)(C)c1cc2c3c(c1)N(c1c(-c4ccccc4)cc(-c4ccccc4)cc1-c1ccccc1)c1cc(-n4c5ccc(-c6ccccc6)cc5c5cc(-c6ccccc6)ccc54)ccc1B3c1cc(-c3cc(-c4ccccc4)cc(-c4ccccc4)c3)ccc1N2c1c(-c2ccccc2)cc(-c2ccccc2)cc1-c1ccccc1. The van der Waals surface area contributed by atoms with E-state index in [1.807, 2.05) is 0 Å². The first-order valence-electron chi connectivity index (χ1n) is 40.4.